The highest BCUT2D eigenvalue weighted by molar-refractivity contribution is 5.89. The largest absolute Gasteiger partial charge is 0.324 e. The Morgan fingerprint density at radius 1 is 1.06 bits per heavy atom. The summed E-state index contributed by atoms with van der Waals surface area (Å²) in [5.74, 6) is 1.28. The zero-order chi connectivity index (χ0) is 22.8. The number of aromatic nitrogens is 4. The van der Waals surface area contributed by atoms with Crippen molar-refractivity contribution in [1.82, 2.24) is 29.5 Å². The highest BCUT2D eigenvalue weighted by Gasteiger charge is 2.44. The molecule has 3 aromatic rings. The van der Waals surface area contributed by atoms with Crippen molar-refractivity contribution in [2.24, 2.45) is 5.41 Å². The molecule has 0 radical (unpaired) electrons. The minimum absolute atomic E-state index is 0.0826. The monoisotopic (exact) mass is 445 g/mol. The summed E-state index contributed by atoms with van der Waals surface area (Å²) in [6, 6.07) is 14.2. The second-order valence-corrected chi connectivity index (χ2v) is 9.62. The van der Waals surface area contributed by atoms with Crippen molar-refractivity contribution in [2.75, 3.05) is 31.5 Å². The molecule has 1 unspecified atom stereocenters. The maximum atomic E-state index is 13.2. The van der Waals surface area contributed by atoms with Gasteiger partial charge >= 0.3 is 6.03 Å². The maximum Gasteiger partial charge on any atom is 0.323 e. The van der Waals surface area contributed by atoms with Gasteiger partial charge in [-0.05, 0) is 36.9 Å². The molecule has 5 rings (SSSR count). The maximum absolute atomic E-state index is 13.2. The molecule has 0 saturated carbocycles. The molecule has 0 bridgehead atoms. The molecule has 1 spiro atoms. The molecule has 2 aliphatic rings. The number of nitrogens with zero attached hydrogens (tertiary/aromatic N) is 6. The molecule has 1 N–H and O–H groups in total. The normalized spacial score (nSPS) is 20.8. The summed E-state index contributed by atoms with van der Waals surface area (Å²) < 4.78 is 1.62. The Balaban J connectivity index is 1.25. The van der Waals surface area contributed by atoms with E-state index in [4.69, 9.17) is 0 Å². The van der Waals surface area contributed by atoms with Crippen molar-refractivity contribution >= 4 is 11.8 Å². The van der Waals surface area contributed by atoms with Gasteiger partial charge in [-0.15, -0.1) is 0 Å². The molecule has 33 heavy (non-hydrogen) atoms. The molecule has 4 heterocycles. The van der Waals surface area contributed by atoms with Gasteiger partial charge in [-0.1, -0.05) is 44.2 Å². The fourth-order valence-electron chi connectivity index (χ4n) is 4.96. The Morgan fingerprint density at radius 2 is 1.82 bits per heavy atom. The second kappa shape index (κ2) is 8.94. The van der Waals surface area contributed by atoms with Crippen LogP contribution in [0.15, 0.2) is 54.9 Å². The van der Waals surface area contributed by atoms with Crippen LogP contribution in [0.1, 0.15) is 43.9 Å². The standard InChI is InChI=1S/C25H31N7O/c1-19(2)21-15-22(32(29-21)23-26-11-6-12-27-23)28-24(33)31-14-10-25(18-31)9-13-30(17-25)16-20-7-4-3-5-8-20/h3-8,11-12,15,19H,9-10,13-14,16-18H2,1-2H3,(H,28,33). The molecule has 2 saturated heterocycles. The number of carbonyl (C=O) groups is 1. The number of urea groups is 1. The van der Waals surface area contributed by atoms with Crippen molar-refractivity contribution in [2.45, 2.75) is 39.2 Å². The molecular weight excluding hydrogens is 414 g/mol. The third-order valence-corrected chi connectivity index (χ3v) is 6.79. The third-order valence-electron chi connectivity index (χ3n) is 6.79. The van der Waals surface area contributed by atoms with E-state index in [2.05, 4.69) is 69.5 Å². The predicted octanol–water partition coefficient (Wildman–Crippen LogP) is 3.92. The van der Waals surface area contributed by atoms with E-state index in [1.807, 2.05) is 11.0 Å². The van der Waals surface area contributed by atoms with E-state index < -0.39 is 0 Å². The molecule has 8 heteroatoms. The number of carbonyl (C=O) groups excluding carboxylic acids is 1. The highest BCUT2D eigenvalue weighted by Crippen LogP contribution is 2.40. The number of amides is 2. The quantitative estimate of drug-likeness (QED) is 0.644. The Kier molecular flexibility index (Phi) is 5.85. The zero-order valence-electron chi connectivity index (χ0n) is 19.3. The Hall–Kier alpha value is -3.26. The Labute approximate surface area is 194 Å². The van der Waals surface area contributed by atoms with E-state index in [0.717, 1.165) is 51.3 Å². The fourth-order valence-corrected chi connectivity index (χ4v) is 4.96. The van der Waals surface area contributed by atoms with E-state index in [1.165, 1.54) is 5.56 Å². The van der Waals surface area contributed by atoms with Gasteiger partial charge in [-0.25, -0.2) is 14.8 Å². The van der Waals surface area contributed by atoms with Gasteiger partial charge in [0.1, 0.15) is 5.82 Å². The summed E-state index contributed by atoms with van der Waals surface area (Å²) in [5, 5.41) is 7.71. The lowest BCUT2D eigenvalue weighted by atomic mass is 9.86. The Morgan fingerprint density at radius 3 is 2.58 bits per heavy atom. The van der Waals surface area contributed by atoms with Crippen molar-refractivity contribution in [3.05, 3.63) is 66.1 Å². The van der Waals surface area contributed by atoms with Gasteiger partial charge in [0.05, 0.1) is 5.69 Å². The van der Waals surface area contributed by atoms with Crippen LogP contribution in [-0.4, -0.2) is 61.8 Å². The van der Waals surface area contributed by atoms with Crippen LogP contribution in [-0.2, 0) is 6.54 Å². The fraction of sp³-hybridized carbons (Fsp3) is 0.440. The molecule has 0 aliphatic carbocycles. The number of likely N-dealkylation sites (tertiary alicyclic amines) is 2. The minimum atomic E-state index is -0.0826. The number of rotatable bonds is 5. The summed E-state index contributed by atoms with van der Waals surface area (Å²) in [4.78, 5) is 26.3. The molecule has 172 valence electrons. The van der Waals surface area contributed by atoms with E-state index in [9.17, 15) is 4.79 Å². The number of hydrogen-bond donors (Lipinski definition) is 1. The summed E-state index contributed by atoms with van der Waals surface area (Å²) in [6.07, 6.45) is 5.53. The summed E-state index contributed by atoms with van der Waals surface area (Å²) in [6.45, 7) is 8.82. The molecular formula is C25H31N7O. The van der Waals surface area contributed by atoms with Crippen LogP contribution in [0.25, 0.3) is 5.95 Å². The molecule has 2 fully saturated rings. The molecule has 1 aromatic carbocycles. The molecule has 2 aliphatic heterocycles. The van der Waals surface area contributed by atoms with Crippen LogP contribution in [0.4, 0.5) is 10.6 Å². The SMILES string of the molecule is CC(C)c1cc(NC(=O)N2CCC3(CCN(Cc4ccccc4)C3)C2)n(-c2ncccn2)n1. The Bertz CT molecular complexity index is 1100. The van der Waals surface area contributed by atoms with Gasteiger partial charge < -0.3 is 4.90 Å². The number of nitrogens with one attached hydrogen (secondary N) is 1. The van der Waals surface area contributed by atoms with Crippen LogP contribution in [0.5, 0.6) is 0 Å². The first-order valence-corrected chi connectivity index (χ1v) is 11.7. The summed E-state index contributed by atoms with van der Waals surface area (Å²) in [7, 11) is 0. The predicted molar refractivity (Wildman–Crippen MR) is 127 cm³/mol. The summed E-state index contributed by atoms with van der Waals surface area (Å²) in [5.41, 5.74) is 2.43. The van der Waals surface area contributed by atoms with Gasteiger partial charge in [-0.3, -0.25) is 10.2 Å². The van der Waals surface area contributed by atoms with E-state index in [-0.39, 0.29) is 17.4 Å². The minimum Gasteiger partial charge on any atom is -0.324 e. The van der Waals surface area contributed by atoms with Crippen molar-refractivity contribution < 1.29 is 4.79 Å². The number of hydrogen-bond acceptors (Lipinski definition) is 5. The summed E-state index contributed by atoms with van der Waals surface area (Å²) >= 11 is 0. The molecule has 1 atom stereocenters. The van der Waals surface area contributed by atoms with Gasteiger partial charge in [0, 0.05) is 50.1 Å². The second-order valence-electron chi connectivity index (χ2n) is 9.62. The van der Waals surface area contributed by atoms with Crippen LogP contribution >= 0.6 is 0 Å². The van der Waals surface area contributed by atoms with Crippen LogP contribution in [0.3, 0.4) is 0 Å². The van der Waals surface area contributed by atoms with Gasteiger partial charge in [0.25, 0.3) is 5.95 Å². The van der Waals surface area contributed by atoms with Gasteiger partial charge in [0.15, 0.2) is 0 Å². The van der Waals surface area contributed by atoms with E-state index in [1.54, 1.807) is 23.1 Å². The third kappa shape index (κ3) is 4.61. The van der Waals surface area contributed by atoms with Crippen molar-refractivity contribution in [1.29, 1.82) is 0 Å². The van der Waals surface area contributed by atoms with E-state index in [0.29, 0.717) is 11.8 Å². The van der Waals surface area contributed by atoms with Crippen molar-refractivity contribution in [3.8, 4) is 5.95 Å². The van der Waals surface area contributed by atoms with E-state index >= 15 is 0 Å². The average molecular weight is 446 g/mol. The first kappa shape index (κ1) is 21.6. The lowest BCUT2D eigenvalue weighted by molar-refractivity contribution is 0.210. The highest BCUT2D eigenvalue weighted by atomic mass is 16.2. The lowest BCUT2D eigenvalue weighted by Crippen LogP contribution is -2.36. The average Bonchev–Trinajstić information content (AvgIpc) is 3.54. The molecule has 2 amide bonds. The van der Waals surface area contributed by atoms with Gasteiger partial charge in [-0.2, -0.15) is 9.78 Å². The van der Waals surface area contributed by atoms with Crippen LogP contribution in [0.2, 0.25) is 0 Å². The van der Waals surface area contributed by atoms with Gasteiger partial charge in [0.2, 0.25) is 0 Å². The topological polar surface area (TPSA) is 79.2 Å². The number of anilines is 1. The zero-order valence-corrected chi connectivity index (χ0v) is 19.3. The first-order chi connectivity index (χ1) is 16.0. The smallest absolute Gasteiger partial charge is 0.323 e. The van der Waals surface area contributed by atoms with Crippen LogP contribution < -0.4 is 5.32 Å². The molecule has 8 nitrogen and oxygen atoms in total. The number of benzene rings is 1. The van der Waals surface area contributed by atoms with Crippen LogP contribution in [0, 0.1) is 5.41 Å². The molecule has 2 aromatic heterocycles. The first-order valence-electron chi connectivity index (χ1n) is 11.7. The van der Waals surface area contributed by atoms with Crippen molar-refractivity contribution in [3.63, 3.8) is 0 Å². The lowest BCUT2D eigenvalue weighted by Gasteiger charge is -2.25.